The normalized spacial score (nSPS) is 11.4. The van der Waals surface area contributed by atoms with E-state index < -0.39 is 29.2 Å². The standard InChI is InChI=1S/C19H15F3O4/c1-25-18(24)17-14(8-5-9-15(17)19(20,21)22)10-11-16(23)26-12-13-6-3-2-4-7-13/h2-11H,12H2,1H3/b11-10-. The summed E-state index contributed by atoms with van der Waals surface area (Å²) in [7, 11) is 0.983. The van der Waals surface area contributed by atoms with Crippen LogP contribution >= 0.6 is 0 Å². The Morgan fingerprint density at radius 3 is 2.35 bits per heavy atom. The maximum absolute atomic E-state index is 13.1. The van der Waals surface area contributed by atoms with Gasteiger partial charge in [-0.3, -0.25) is 0 Å². The predicted molar refractivity (Wildman–Crippen MR) is 88.1 cm³/mol. The molecule has 0 fully saturated rings. The first-order valence-electron chi connectivity index (χ1n) is 7.50. The zero-order valence-electron chi connectivity index (χ0n) is 13.7. The van der Waals surface area contributed by atoms with Crippen LogP contribution in [-0.4, -0.2) is 19.0 Å². The van der Waals surface area contributed by atoms with Gasteiger partial charge in [0.25, 0.3) is 0 Å². The largest absolute Gasteiger partial charge is 0.465 e. The van der Waals surface area contributed by atoms with Crippen molar-refractivity contribution in [1.82, 2.24) is 0 Å². The number of carbonyl (C=O) groups is 2. The van der Waals surface area contributed by atoms with E-state index >= 15 is 0 Å². The van der Waals surface area contributed by atoms with Crippen molar-refractivity contribution in [1.29, 1.82) is 0 Å². The van der Waals surface area contributed by atoms with Crippen molar-refractivity contribution in [2.45, 2.75) is 12.8 Å². The molecule has 26 heavy (non-hydrogen) atoms. The zero-order chi connectivity index (χ0) is 19.2. The Bertz CT molecular complexity index is 811. The first kappa shape index (κ1) is 19.2. The van der Waals surface area contributed by atoms with E-state index in [9.17, 15) is 22.8 Å². The predicted octanol–water partition coefficient (Wildman–Crippen LogP) is 4.25. The van der Waals surface area contributed by atoms with Crippen molar-refractivity contribution in [2.24, 2.45) is 0 Å². The lowest BCUT2D eigenvalue weighted by atomic mass is 10.00. The molecular formula is C19H15F3O4. The molecule has 2 aromatic rings. The van der Waals surface area contributed by atoms with Gasteiger partial charge in [-0.2, -0.15) is 13.2 Å². The lowest BCUT2D eigenvalue weighted by Crippen LogP contribution is -2.15. The minimum absolute atomic E-state index is 0.0243. The third-order valence-electron chi connectivity index (χ3n) is 3.41. The van der Waals surface area contributed by atoms with Gasteiger partial charge in [0.2, 0.25) is 0 Å². The van der Waals surface area contributed by atoms with Gasteiger partial charge in [-0.1, -0.05) is 42.5 Å². The number of halogens is 3. The molecule has 4 nitrogen and oxygen atoms in total. The van der Waals surface area contributed by atoms with Crippen LogP contribution in [0, 0.1) is 0 Å². The number of methoxy groups -OCH3 is 1. The first-order valence-corrected chi connectivity index (χ1v) is 7.50. The molecule has 0 bridgehead atoms. The molecule has 0 heterocycles. The van der Waals surface area contributed by atoms with Crippen LogP contribution in [0.1, 0.15) is 27.0 Å². The fourth-order valence-corrected chi connectivity index (χ4v) is 2.21. The fraction of sp³-hybridized carbons (Fsp3) is 0.158. The highest BCUT2D eigenvalue weighted by atomic mass is 19.4. The second-order valence-corrected chi connectivity index (χ2v) is 5.19. The van der Waals surface area contributed by atoms with E-state index in [4.69, 9.17) is 4.74 Å². The van der Waals surface area contributed by atoms with Gasteiger partial charge in [0.15, 0.2) is 0 Å². The fourth-order valence-electron chi connectivity index (χ4n) is 2.21. The van der Waals surface area contributed by atoms with Crippen molar-refractivity contribution in [3.63, 3.8) is 0 Å². The van der Waals surface area contributed by atoms with E-state index in [1.807, 2.05) is 6.07 Å². The van der Waals surface area contributed by atoms with Crippen LogP contribution in [-0.2, 0) is 27.1 Å². The summed E-state index contributed by atoms with van der Waals surface area (Å²) in [6.45, 7) is 0.0243. The molecule has 0 unspecified atom stereocenters. The third kappa shape index (κ3) is 4.95. The van der Waals surface area contributed by atoms with Crippen LogP contribution in [0.15, 0.2) is 54.6 Å². The number of esters is 2. The monoisotopic (exact) mass is 364 g/mol. The topological polar surface area (TPSA) is 52.6 Å². The van der Waals surface area contributed by atoms with Crippen LogP contribution in [0.3, 0.4) is 0 Å². The van der Waals surface area contributed by atoms with Gasteiger partial charge in [-0.05, 0) is 23.3 Å². The van der Waals surface area contributed by atoms with Crippen LogP contribution in [0.5, 0.6) is 0 Å². The maximum atomic E-state index is 13.1. The number of hydrogen-bond donors (Lipinski definition) is 0. The Labute approximate surface area is 147 Å². The lowest BCUT2D eigenvalue weighted by Gasteiger charge is -2.13. The number of benzene rings is 2. The average Bonchev–Trinajstić information content (AvgIpc) is 2.63. The summed E-state index contributed by atoms with van der Waals surface area (Å²) in [6.07, 6.45) is -2.68. The molecule has 0 saturated carbocycles. The van der Waals surface area contributed by atoms with Gasteiger partial charge < -0.3 is 9.47 Å². The summed E-state index contributed by atoms with van der Waals surface area (Å²) >= 11 is 0. The Morgan fingerprint density at radius 1 is 1.04 bits per heavy atom. The summed E-state index contributed by atoms with van der Waals surface area (Å²) in [5, 5.41) is 0. The molecule has 0 aliphatic rings. The van der Waals surface area contributed by atoms with E-state index in [1.54, 1.807) is 24.3 Å². The van der Waals surface area contributed by atoms with Gasteiger partial charge in [-0.15, -0.1) is 0 Å². The summed E-state index contributed by atoms with van der Waals surface area (Å²) in [5.41, 5.74) is -1.12. The summed E-state index contributed by atoms with van der Waals surface area (Å²) in [4.78, 5) is 23.6. The molecule has 0 aliphatic carbocycles. The summed E-state index contributed by atoms with van der Waals surface area (Å²) < 4.78 is 48.8. The molecule has 0 saturated heterocycles. The molecule has 0 spiro atoms. The molecule has 0 aromatic heterocycles. The highest BCUT2D eigenvalue weighted by Gasteiger charge is 2.36. The van der Waals surface area contributed by atoms with Crippen molar-refractivity contribution >= 4 is 18.0 Å². The van der Waals surface area contributed by atoms with Crippen molar-refractivity contribution in [3.8, 4) is 0 Å². The Balaban J connectivity index is 2.21. The van der Waals surface area contributed by atoms with Crippen LogP contribution in [0.2, 0.25) is 0 Å². The van der Waals surface area contributed by atoms with Crippen molar-refractivity contribution in [2.75, 3.05) is 7.11 Å². The Morgan fingerprint density at radius 2 is 1.73 bits per heavy atom. The van der Waals surface area contributed by atoms with E-state index in [2.05, 4.69) is 4.74 Å². The van der Waals surface area contributed by atoms with Crippen LogP contribution < -0.4 is 0 Å². The average molecular weight is 364 g/mol. The summed E-state index contributed by atoms with van der Waals surface area (Å²) in [6, 6.07) is 12.1. The lowest BCUT2D eigenvalue weighted by molar-refractivity contribution is -0.139. The molecule has 0 amide bonds. The number of carbonyl (C=O) groups excluding carboxylic acids is 2. The van der Waals surface area contributed by atoms with Gasteiger partial charge in [-0.25, -0.2) is 9.59 Å². The van der Waals surface area contributed by atoms with Gasteiger partial charge in [0, 0.05) is 6.08 Å². The quantitative estimate of drug-likeness (QED) is 0.588. The third-order valence-corrected chi connectivity index (χ3v) is 3.41. The molecule has 2 aromatic carbocycles. The van der Waals surface area contributed by atoms with Gasteiger partial charge >= 0.3 is 18.1 Å². The highest BCUT2D eigenvalue weighted by molar-refractivity contribution is 5.97. The minimum Gasteiger partial charge on any atom is -0.465 e. The zero-order valence-corrected chi connectivity index (χ0v) is 13.7. The number of hydrogen-bond acceptors (Lipinski definition) is 4. The van der Waals surface area contributed by atoms with Crippen molar-refractivity contribution < 1.29 is 32.2 Å². The summed E-state index contributed by atoms with van der Waals surface area (Å²) in [5.74, 6) is -1.89. The van der Waals surface area contributed by atoms with Gasteiger partial charge in [0.1, 0.15) is 6.61 Å². The van der Waals surface area contributed by atoms with Gasteiger partial charge in [0.05, 0.1) is 18.2 Å². The maximum Gasteiger partial charge on any atom is 0.417 e. The Kier molecular flexibility index (Phi) is 6.16. The second-order valence-electron chi connectivity index (χ2n) is 5.19. The van der Waals surface area contributed by atoms with E-state index in [1.165, 1.54) is 6.07 Å². The minimum atomic E-state index is -4.73. The van der Waals surface area contributed by atoms with Crippen molar-refractivity contribution in [3.05, 3.63) is 76.9 Å². The molecule has 0 N–H and O–H groups in total. The van der Waals surface area contributed by atoms with Crippen LogP contribution in [0.4, 0.5) is 13.2 Å². The van der Waals surface area contributed by atoms with Crippen LogP contribution in [0.25, 0.3) is 6.08 Å². The number of ether oxygens (including phenoxy) is 2. The SMILES string of the molecule is COC(=O)c1c(/C=C\C(=O)OCc2ccccc2)cccc1C(F)(F)F. The first-order chi connectivity index (χ1) is 12.3. The smallest absolute Gasteiger partial charge is 0.417 e. The molecule has 2 rings (SSSR count). The van der Waals surface area contributed by atoms with E-state index in [-0.39, 0.29) is 12.2 Å². The van der Waals surface area contributed by atoms with E-state index in [0.29, 0.717) is 0 Å². The molecule has 0 aliphatic heterocycles. The highest BCUT2D eigenvalue weighted by Crippen LogP contribution is 2.34. The molecule has 0 radical (unpaired) electrons. The Hall–Kier alpha value is -3.09. The number of alkyl halides is 3. The van der Waals surface area contributed by atoms with E-state index in [0.717, 1.165) is 37.0 Å². The molecule has 0 atom stereocenters. The molecule has 7 heteroatoms. The number of rotatable bonds is 5. The molecule has 136 valence electrons. The molecular weight excluding hydrogens is 349 g/mol. The second kappa shape index (κ2) is 8.33.